The summed E-state index contributed by atoms with van der Waals surface area (Å²) in [6.07, 6.45) is -0.266. The molecule has 8 heteroatoms. The number of rotatable bonds is 3. The van der Waals surface area contributed by atoms with Crippen LogP contribution in [0.5, 0.6) is 0 Å². The van der Waals surface area contributed by atoms with Gasteiger partial charge in [0.2, 0.25) is 17.7 Å². The summed E-state index contributed by atoms with van der Waals surface area (Å²) in [5, 5.41) is 2.82. The lowest BCUT2D eigenvalue weighted by molar-refractivity contribution is -0.163. The number of carbonyl (C=O) groups is 4. The predicted octanol–water partition coefficient (Wildman–Crippen LogP) is 1.28. The molecule has 3 aliphatic rings. The number of hydrogen-bond donors (Lipinski definition) is 1. The van der Waals surface area contributed by atoms with Crippen LogP contribution < -0.4 is 10.2 Å². The van der Waals surface area contributed by atoms with Crippen LogP contribution in [-0.2, 0) is 29.5 Å². The Morgan fingerprint density at radius 1 is 1.24 bits per heavy atom. The summed E-state index contributed by atoms with van der Waals surface area (Å²) in [7, 11) is 0. The molecule has 154 valence electrons. The summed E-state index contributed by atoms with van der Waals surface area (Å²) < 4.78 is 5.83. The molecular weight excluding hydrogens is 374 g/mol. The Balaban J connectivity index is 1.88. The summed E-state index contributed by atoms with van der Waals surface area (Å²) in [4.78, 5) is 54.0. The maximum Gasteiger partial charge on any atom is 0.303 e. The summed E-state index contributed by atoms with van der Waals surface area (Å²) >= 11 is 0. The molecule has 0 aliphatic carbocycles. The zero-order valence-electron chi connectivity index (χ0n) is 17.0. The number of carbonyl (C=O) groups excluding carboxylic acids is 4. The molecule has 3 heterocycles. The average molecular weight is 399 g/mol. The molecule has 0 spiro atoms. The fourth-order valence-corrected chi connectivity index (χ4v) is 5.02. The van der Waals surface area contributed by atoms with Gasteiger partial charge >= 0.3 is 5.97 Å². The van der Waals surface area contributed by atoms with Crippen molar-refractivity contribution in [3.63, 3.8) is 0 Å². The lowest BCUT2D eigenvalue weighted by atomic mass is 9.90. The fourth-order valence-electron chi connectivity index (χ4n) is 5.02. The number of ether oxygens (including phenoxy) is 1. The molecule has 0 radical (unpaired) electrons. The second-order valence-electron chi connectivity index (χ2n) is 8.42. The molecule has 4 atom stereocenters. The van der Waals surface area contributed by atoms with Gasteiger partial charge in [-0.05, 0) is 18.4 Å². The largest absolute Gasteiger partial charge is 0.450 e. The van der Waals surface area contributed by atoms with Gasteiger partial charge in [-0.3, -0.25) is 24.1 Å². The Kier molecular flexibility index (Phi) is 4.40. The highest BCUT2D eigenvalue weighted by Gasteiger charge is 2.68. The van der Waals surface area contributed by atoms with E-state index in [1.807, 2.05) is 13.8 Å². The summed E-state index contributed by atoms with van der Waals surface area (Å²) in [6.45, 7) is 6.66. The quantitative estimate of drug-likeness (QED) is 0.773. The lowest BCUT2D eigenvalue weighted by Crippen LogP contribution is -2.66. The third-order valence-electron chi connectivity index (χ3n) is 5.92. The Morgan fingerprint density at radius 3 is 2.55 bits per heavy atom. The first-order valence-electron chi connectivity index (χ1n) is 9.89. The fraction of sp³-hybridized carbons (Fsp3) is 0.524. The molecule has 8 nitrogen and oxygen atoms in total. The SMILES string of the molecule is CC(=O)O[C@]12C[C@H]3C(=O)N[C@@H](CC(C)C)C(=O)N3[C@H]1N(C(C)=O)c1ccccc12. The zero-order chi connectivity index (χ0) is 21.1. The van der Waals surface area contributed by atoms with Crippen LogP contribution in [0.2, 0.25) is 0 Å². The Hall–Kier alpha value is -2.90. The van der Waals surface area contributed by atoms with Crippen molar-refractivity contribution in [2.24, 2.45) is 5.92 Å². The monoisotopic (exact) mass is 399 g/mol. The van der Waals surface area contributed by atoms with Gasteiger partial charge in [0, 0.05) is 25.8 Å². The van der Waals surface area contributed by atoms with E-state index < -0.39 is 29.8 Å². The standard InChI is InChI=1S/C21H25N3O5/c1-11(2)9-15-19(28)24-17(18(27)22-15)10-21(29-13(4)26)14-7-5-6-8-16(14)23(12(3)25)20(21)24/h5-8,11,15,17,20H,9-10H2,1-4H3,(H,22,27)/t15-,17-,20+,21-/m0/s1. The average Bonchev–Trinajstić information content (AvgIpc) is 3.08. The number of hydrogen-bond acceptors (Lipinski definition) is 5. The molecule has 4 rings (SSSR count). The van der Waals surface area contributed by atoms with E-state index in [1.165, 1.54) is 23.6 Å². The number of piperazine rings is 1. The van der Waals surface area contributed by atoms with E-state index in [4.69, 9.17) is 4.74 Å². The van der Waals surface area contributed by atoms with Gasteiger partial charge in [-0.15, -0.1) is 0 Å². The van der Waals surface area contributed by atoms with Crippen molar-refractivity contribution in [3.05, 3.63) is 29.8 Å². The number of para-hydroxylation sites is 1. The minimum atomic E-state index is -1.27. The minimum absolute atomic E-state index is 0.115. The van der Waals surface area contributed by atoms with Crippen molar-refractivity contribution in [2.75, 3.05) is 4.90 Å². The first kappa shape index (κ1) is 19.4. The molecule has 0 aromatic heterocycles. The number of esters is 1. The van der Waals surface area contributed by atoms with Gasteiger partial charge in [0.05, 0.1) is 5.69 Å². The predicted molar refractivity (Wildman–Crippen MR) is 103 cm³/mol. The van der Waals surface area contributed by atoms with E-state index in [9.17, 15) is 19.2 Å². The molecule has 2 fully saturated rings. The van der Waals surface area contributed by atoms with E-state index in [-0.39, 0.29) is 30.1 Å². The minimum Gasteiger partial charge on any atom is -0.450 e. The summed E-state index contributed by atoms with van der Waals surface area (Å²) in [5.74, 6) is -1.14. The van der Waals surface area contributed by atoms with Crippen LogP contribution in [0.4, 0.5) is 5.69 Å². The van der Waals surface area contributed by atoms with Gasteiger partial charge in [-0.25, -0.2) is 0 Å². The van der Waals surface area contributed by atoms with Crippen molar-refractivity contribution in [2.45, 2.75) is 64.4 Å². The van der Waals surface area contributed by atoms with Gasteiger partial charge in [0.15, 0.2) is 11.8 Å². The van der Waals surface area contributed by atoms with Gasteiger partial charge in [-0.2, -0.15) is 0 Å². The summed E-state index contributed by atoms with van der Waals surface area (Å²) in [5.41, 5.74) is -0.0203. The molecule has 0 bridgehead atoms. The molecule has 0 unspecified atom stereocenters. The van der Waals surface area contributed by atoms with E-state index in [1.54, 1.807) is 24.3 Å². The maximum atomic E-state index is 13.4. The van der Waals surface area contributed by atoms with Gasteiger partial charge in [0.25, 0.3) is 0 Å². The molecule has 3 aliphatic heterocycles. The van der Waals surface area contributed by atoms with Crippen LogP contribution in [0.15, 0.2) is 24.3 Å². The van der Waals surface area contributed by atoms with E-state index >= 15 is 0 Å². The van der Waals surface area contributed by atoms with Crippen molar-refractivity contribution >= 4 is 29.4 Å². The maximum absolute atomic E-state index is 13.4. The van der Waals surface area contributed by atoms with Crippen molar-refractivity contribution in [3.8, 4) is 0 Å². The molecule has 1 aromatic carbocycles. The van der Waals surface area contributed by atoms with Crippen molar-refractivity contribution in [1.82, 2.24) is 10.2 Å². The topological polar surface area (TPSA) is 96.0 Å². The smallest absolute Gasteiger partial charge is 0.303 e. The number of amides is 3. The van der Waals surface area contributed by atoms with Crippen LogP contribution >= 0.6 is 0 Å². The second kappa shape index (κ2) is 6.57. The zero-order valence-corrected chi connectivity index (χ0v) is 17.0. The molecule has 2 saturated heterocycles. The van der Waals surface area contributed by atoms with Crippen molar-refractivity contribution in [1.29, 1.82) is 0 Å². The molecule has 1 aromatic rings. The van der Waals surface area contributed by atoms with Gasteiger partial charge in [-0.1, -0.05) is 32.0 Å². The molecule has 1 N–H and O–H groups in total. The van der Waals surface area contributed by atoms with E-state index in [0.29, 0.717) is 17.7 Å². The van der Waals surface area contributed by atoms with Gasteiger partial charge in [0.1, 0.15) is 12.1 Å². The lowest BCUT2D eigenvalue weighted by Gasteiger charge is -2.41. The Bertz CT molecular complexity index is 913. The number of nitrogens with zero attached hydrogens (tertiary/aromatic N) is 2. The molecule has 29 heavy (non-hydrogen) atoms. The summed E-state index contributed by atoms with van der Waals surface area (Å²) in [6, 6.07) is 5.69. The van der Waals surface area contributed by atoms with Crippen LogP contribution in [0.3, 0.4) is 0 Å². The first-order valence-corrected chi connectivity index (χ1v) is 9.89. The highest BCUT2D eigenvalue weighted by molar-refractivity contribution is 6.02. The molecule has 0 saturated carbocycles. The van der Waals surface area contributed by atoms with E-state index in [0.717, 1.165) is 0 Å². The first-order chi connectivity index (χ1) is 13.7. The van der Waals surface area contributed by atoms with Crippen LogP contribution in [0.1, 0.15) is 46.1 Å². The molecule has 3 amide bonds. The van der Waals surface area contributed by atoms with Gasteiger partial charge < -0.3 is 15.0 Å². The number of fused-ring (bicyclic) bond motifs is 5. The van der Waals surface area contributed by atoms with Crippen LogP contribution in [0, 0.1) is 5.92 Å². The molecular formula is C21H25N3O5. The normalized spacial score (nSPS) is 30.0. The highest BCUT2D eigenvalue weighted by atomic mass is 16.6. The Labute approximate surface area is 169 Å². The number of anilines is 1. The Morgan fingerprint density at radius 2 is 1.93 bits per heavy atom. The third-order valence-corrected chi connectivity index (χ3v) is 5.92. The van der Waals surface area contributed by atoms with E-state index in [2.05, 4.69) is 5.32 Å². The van der Waals surface area contributed by atoms with Crippen LogP contribution in [-0.4, -0.2) is 46.8 Å². The van der Waals surface area contributed by atoms with Crippen LogP contribution in [0.25, 0.3) is 0 Å². The van der Waals surface area contributed by atoms with Crippen molar-refractivity contribution < 1.29 is 23.9 Å². The third kappa shape index (κ3) is 2.73. The highest BCUT2D eigenvalue weighted by Crippen LogP contribution is 2.55. The number of nitrogens with one attached hydrogen (secondary N) is 1. The second-order valence-corrected chi connectivity index (χ2v) is 8.42. The number of benzene rings is 1.